The molecule has 0 unspecified atom stereocenters. The quantitative estimate of drug-likeness (QED) is 0.281. The molecule has 0 saturated carbocycles. The molecule has 0 spiro atoms. The molecule has 0 saturated heterocycles. The SMILES string of the molecule is COc1ccc(C(=O)c2ccc(N(C)C)cc2)cc1.COc1ccc(C(=O)c2ccc(OC)cc2)cc1. The van der Waals surface area contributed by atoms with Gasteiger partial charge in [0.25, 0.3) is 0 Å². The van der Waals surface area contributed by atoms with Crippen LogP contribution in [0.15, 0.2) is 97.1 Å². The monoisotopic (exact) mass is 497 g/mol. The van der Waals surface area contributed by atoms with Crippen LogP contribution < -0.4 is 19.1 Å². The van der Waals surface area contributed by atoms with Gasteiger partial charge in [0, 0.05) is 42.0 Å². The highest BCUT2D eigenvalue weighted by atomic mass is 16.5. The summed E-state index contributed by atoms with van der Waals surface area (Å²) < 4.78 is 15.2. The van der Waals surface area contributed by atoms with E-state index in [0.717, 1.165) is 22.9 Å². The molecule has 190 valence electrons. The predicted octanol–water partition coefficient (Wildman–Crippen LogP) is 5.93. The van der Waals surface area contributed by atoms with Crippen LogP contribution in [-0.2, 0) is 0 Å². The largest absolute Gasteiger partial charge is 0.497 e. The first kappa shape index (κ1) is 27.0. The molecule has 6 heteroatoms. The van der Waals surface area contributed by atoms with Crippen LogP contribution in [0.4, 0.5) is 5.69 Å². The number of carbonyl (C=O) groups is 2. The van der Waals surface area contributed by atoms with E-state index in [2.05, 4.69) is 0 Å². The number of benzene rings is 4. The van der Waals surface area contributed by atoms with Crippen molar-refractivity contribution in [3.8, 4) is 17.2 Å². The molecule has 6 nitrogen and oxygen atoms in total. The summed E-state index contributed by atoms with van der Waals surface area (Å²) in [6.07, 6.45) is 0. The maximum atomic E-state index is 12.3. The van der Waals surface area contributed by atoms with Gasteiger partial charge in [-0.25, -0.2) is 0 Å². The van der Waals surface area contributed by atoms with Crippen LogP contribution in [0.5, 0.6) is 17.2 Å². The molecule has 0 N–H and O–H groups in total. The van der Waals surface area contributed by atoms with Crippen molar-refractivity contribution in [2.45, 2.75) is 0 Å². The summed E-state index contributed by atoms with van der Waals surface area (Å²) in [5.41, 5.74) is 3.71. The molecule has 0 heterocycles. The van der Waals surface area contributed by atoms with Gasteiger partial charge in [0.2, 0.25) is 0 Å². The van der Waals surface area contributed by atoms with Gasteiger partial charge in [-0.15, -0.1) is 0 Å². The summed E-state index contributed by atoms with van der Waals surface area (Å²) in [5, 5.41) is 0. The maximum Gasteiger partial charge on any atom is 0.193 e. The van der Waals surface area contributed by atoms with Crippen LogP contribution in [0, 0.1) is 0 Å². The lowest BCUT2D eigenvalue weighted by Crippen LogP contribution is -2.09. The highest BCUT2D eigenvalue weighted by molar-refractivity contribution is 6.09. The summed E-state index contributed by atoms with van der Waals surface area (Å²) in [7, 11) is 8.75. The van der Waals surface area contributed by atoms with Crippen LogP contribution in [-0.4, -0.2) is 47.0 Å². The molecule has 37 heavy (non-hydrogen) atoms. The van der Waals surface area contributed by atoms with Crippen molar-refractivity contribution in [1.29, 1.82) is 0 Å². The minimum absolute atomic E-state index is 0.0136. The van der Waals surface area contributed by atoms with E-state index in [4.69, 9.17) is 14.2 Å². The first-order valence-corrected chi connectivity index (χ1v) is 11.6. The number of nitrogens with zero attached hydrogens (tertiary/aromatic N) is 1. The van der Waals surface area contributed by atoms with Gasteiger partial charge in [-0.3, -0.25) is 9.59 Å². The second-order valence-corrected chi connectivity index (χ2v) is 8.29. The molecule has 0 bridgehead atoms. The average Bonchev–Trinajstić information content (AvgIpc) is 2.97. The first-order chi connectivity index (χ1) is 17.9. The van der Waals surface area contributed by atoms with Gasteiger partial charge in [-0.05, 0) is 97.1 Å². The number of hydrogen-bond donors (Lipinski definition) is 0. The highest BCUT2D eigenvalue weighted by Crippen LogP contribution is 2.19. The van der Waals surface area contributed by atoms with Crippen molar-refractivity contribution in [2.75, 3.05) is 40.3 Å². The third kappa shape index (κ3) is 7.21. The summed E-state index contributed by atoms with van der Waals surface area (Å²) >= 11 is 0. The van der Waals surface area contributed by atoms with E-state index >= 15 is 0 Å². The lowest BCUT2D eigenvalue weighted by Gasteiger charge is -2.12. The number of ketones is 2. The van der Waals surface area contributed by atoms with Crippen molar-refractivity contribution in [3.63, 3.8) is 0 Å². The Balaban J connectivity index is 0.000000206. The molecule has 0 aromatic heterocycles. The lowest BCUT2D eigenvalue weighted by molar-refractivity contribution is 0.103. The zero-order chi connectivity index (χ0) is 26.8. The Morgan fingerprint density at radius 3 is 0.919 bits per heavy atom. The second-order valence-electron chi connectivity index (χ2n) is 8.29. The lowest BCUT2D eigenvalue weighted by atomic mass is 10.0. The van der Waals surface area contributed by atoms with Crippen molar-refractivity contribution in [2.24, 2.45) is 0 Å². The molecule has 0 aliphatic rings. The third-order valence-electron chi connectivity index (χ3n) is 5.70. The van der Waals surface area contributed by atoms with Gasteiger partial charge in [-0.2, -0.15) is 0 Å². The Hall–Kier alpha value is -4.58. The summed E-state index contributed by atoms with van der Waals surface area (Å²) in [4.78, 5) is 26.4. The van der Waals surface area contributed by atoms with Gasteiger partial charge in [0.1, 0.15) is 17.2 Å². The van der Waals surface area contributed by atoms with E-state index in [1.807, 2.05) is 43.3 Å². The van der Waals surface area contributed by atoms with Crippen LogP contribution in [0.3, 0.4) is 0 Å². The van der Waals surface area contributed by atoms with E-state index in [1.54, 1.807) is 94.1 Å². The number of carbonyl (C=O) groups excluding carboxylic acids is 2. The van der Waals surface area contributed by atoms with E-state index in [-0.39, 0.29) is 11.6 Å². The number of methoxy groups -OCH3 is 3. The number of hydrogen-bond acceptors (Lipinski definition) is 6. The number of rotatable bonds is 8. The summed E-state index contributed by atoms with van der Waals surface area (Å²) in [6.45, 7) is 0. The van der Waals surface area contributed by atoms with Gasteiger partial charge in [-0.1, -0.05) is 0 Å². The Bertz CT molecular complexity index is 1240. The molecule has 0 aliphatic heterocycles. The van der Waals surface area contributed by atoms with Gasteiger partial charge in [0.15, 0.2) is 11.6 Å². The molecule has 0 atom stereocenters. The zero-order valence-corrected chi connectivity index (χ0v) is 21.7. The topological polar surface area (TPSA) is 65.1 Å². The molecule has 0 amide bonds. The maximum absolute atomic E-state index is 12.3. The fraction of sp³-hybridized carbons (Fsp3) is 0.161. The Labute approximate surface area is 218 Å². The predicted molar refractivity (Wildman–Crippen MR) is 147 cm³/mol. The van der Waals surface area contributed by atoms with Crippen molar-refractivity contribution in [1.82, 2.24) is 0 Å². The van der Waals surface area contributed by atoms with Crippen molar-refractivity contribution >= 4 is 17.3 Å². The minimum atomic E-state index is -0.0136. The average molecular weight is 498 g/mol. The number of anilines is 1. The molecular formula is C31H31NO5. The van der Waals surface area contributed by atoms with Crippen LogP contribution in [0.25, 0.3) is 0 Å². The first-order valence-electron chi connectivity index (χ1n) is 11.6. The third-order valence-corrected chi connectivity index (χ3v) is 5.70. The molecule has 0 aliphatic carbocycles. The van der Waals surface area contributed by atoms with E-state index in [0.29, 0.717) is 22.3 Å². The van der Waals surface area contributed by atoms with Gasteiger partial charge < -0.3 is 19.1 Å². The van der Waals surface area contributed by atoms with Crippen molar-refractivity contribution in [3.05, 3.63) is 119 Å². The van der Waals surface area contributed by atoms with E-state index in [9.17, 15) is 9.59 Å². The molecule has 0 radical (unpaired) electrons. The van der Waals surface area contributed by atoms with Crippen molar-refractivity contribution < 1.29 is 23.8 Å². The molecular weight excluding hydrogens is 466 g/mol. The molecule has 0 fully saturated rings. The van der Waals surface area contributed by atoms with Crippen LogP contribution >= 0.6 is 0 Å². The number of ether oxygens (including phenoxy) is 3. The second kappa shape index (κ2) is 12.9. The van der Waals surface area contributed by atoms with Crippen LogP contribution in [0.1, 0.15) is 31.8 Å². The van der Waals surface area contributed by atoms with E-state index in [1.165, 1.54) is 0 Å². The fourth-order valence-electron chi connectivity index (χ4n) is 3.47. The molecule has 4 aromatic carbocycles. The van der Waals surface area contributed by atoms with Gasteiger partial charge in [0.05, 0.1) is 21.3 Å². The van der Waals surface area contributed by atoms with E-state index < -0.39 is 0 Å². The summed E-state index contributed by atoms with van der Waals surface area (Å²) in [5.74, 6) is 2.23. The Morgan fingerprint density at radius 2 is 0.703 bits per heavy atom. The Kier molecular flexibility index (Phi) is 9.44. The molecule has 4 aromatic rings. The van der Waals surface area contributed by atoms with Gasteiger partial charge >= 0.3 is 0 Å². The minimum Gasteiger partial charge on any atom is -0.497 e. The smallest absolute Gasteiger partial charge is 0.193 e. The van der Waals surface area contributed by atoms with Crippen LogP contribution in [0.2, 0.25) is 0 Å². The highest BCUT2D eigenvalue weighted by Gasteiger charge is 2.10. The zero-order valence-electron chi connectivity index (χ0n) is 21.7. The Morgan fingerprint density at radius 1 is 0.459 bits per heavy atom. The normalized spacial score (nSPS) is 9.97. The summed E-state index contributed by atoms with van der Waals surface area (Å²) in [6, 6.07) is 28.8. The fourth-order valence-corrected chi connectivity index (χ4v) is 3.47. The molecule has 4 rings (SSSR count). The standard InChI is InChI=1S/C16H17NO2.C15H14O3/c1-17(2)14-8-4-12(5-9-14)16(18)13-6-10-15(19-3)11-7-13;1-17-13-7-3-11(4-8-13)15(16)12-5-9-14(18-2)10-6-12/h4-11H,1-3H3;3-10H,1-2H3.